The first-order valence-electron chi connectivity index (χ1n) is 4.83. The lowest BCUT2D eigenvalue weighted by molar-refractivity contribution is -0.114. The summed E-state index contributed by atoms with van der Waals surface area (Å²) in [6.07, 6.45) is 1.23. The maximum absolute atomic E-state index is 11.0. The second kappa shape index (κ2) is 3.96. The van der Waals surface area contributed by atoms with Crippen LogP contribution in [0.4, 0.5) is 5.82 Å². The summed E-state index contributed by atoms with van der Waals surface area (Å²) < 4.78 is 1.48. The number of amides is 1. The Hall–Kier alpha value is -1.85. The van der Waals surface area contributed by atoms with Crippen LogP contribution in [0.3, 0.4) is 0 Å². The van der Waals surface area contributed by atoms with Crippen molar-refractivity contribution in [1.82, 2.24) is 9.78 Å². The predicted molar refractivity (Wildman–Crippen MR) is 58.5 cm³/mol. The zero-order valence-electron chi connectivity index (χ0n) is 9.74. The summed E-state index contributed by atoms with van der Waals surface area (Å²) >= 11 is 0. The van der Waals surface area contributed by atoms with Crippen molar-refractivity contribution < 1.29 is 14.7 Å². The average Bonchev–Trinajstić information content (AvgIpc) is 2.45. The first kappa shape index (κ1) is 12.2. The molecule has 0 fully saturated rings. The molecule has 0 aliphatic heterocycles. The number of rotatable bonds is 2. The minimum absolute atomic E-state index is 0.00914. The normalized spacial score (nSPS) is 11.2. The molecule has 2 N–H and O–H groups in total. The zero-order chi connectivity index (χ0) is 12.5. The minimum atomic E-state index is -1.11. The zero-order valence-corrected chi connectivity index (χ0v) is 9.74. The van der Waals surface area contributed by atoms with E-state index in [2.05, 4.69) is 10.4 Å². The fraction of sp³-hybridized carbons (Fsp3) is 0.500. The fourth-order valence-corrected chi connectivity index (χ4v) is 1.30. The first-order chi connectivity index (χ1) is 7.23. The van der Waals surface area contributed by atoms with Gasteiger partial charge in [-0.3, -0.25) is 4.79 Å². The average molecular weight is 225 g/mol. The molecule has 1 amide bonds. The monoisotopic (exact) mass is 225 g/mol. The van der Waals surface area contributed by atoms with Crippen LogP contribution in [-0.4, -0.2) is 26.8 Å². The van der Waals surface area contributed by atoms with Gasteiger partial charge in [-0.15, -0.1) is 0 Å². The Bertz CT molecular complexity index is 429. The molecule has 0 bridgehead atoms. The van der Waals surface area contributed by atoms with Crippen molar-refractivity contribution in [2.75, 3.05) is 5.32 Å². The molecule has 0 unspecified atom stereocenters. The number of aromatic carboxylic acids is 1. The number of nitrogens with zero attached hydrogens (tertiary/aromatic N) is 2. The van der Waals surface area contributed by atoms with Crippen molar-refractivity contribution in [3.63, 3.8) is 0 Å². The molecule has 0 spiro atoms. The van der Waals surface area contributed by atoms with Crippen LogP contribution in [0, 0.1) is 0 Å². The topological polar surface area (TPSA) is 84.2 Å². The third-order valence-electron chi connectivity index (χ3n) is 1.93. The van der Waals surface area contributed by atoms with Crippen molar-refractivity contribution in [3.8, 4) is 0 Å². The molecule has 88 valence electrons. The molecule has 0 aromatic carbocycles. The third-order valence-corrected chi connectivity index (χ3v) is 1.93. The van der Waals surface area contributed by atoms with E-state index >= 15 is 0 Å². The second-order valence-electron chi connectivity index (χ2n) is 4.48. The maximum atomic E-state index is 11.0. The number of carbonyl (C=O) groups is 2. The van der Waals surface area contributed by atoms with Crippen LogP contribution in [0.5, 0.6) is 0 Å². The van der Waals surface area contributed by atoms with Crippen molar-refractivity contribution in [3.05, 3.63) is 11.8 Å². The molecule has 0 saturated carbocycles. The van der Waals surface area contributed by atoms with E-state index in [1.807, 2.05) is 20.8 Å². The fourth-order valence-electron chi connectivity index (χ4n) is 1.30. The number of carboxylic acid groups (broad SMARTS) is 1. The molecule has 1 aromatic rings. The maximum Gasteiger partial charge on any atom is 0.341 e. The largest absolute Gasteiger partial charge is 0.477 e. The Morgan fingerprint density at radius 1 is 1.44 bits per heavy atom. The van der Waals surface area contributed by atoms with E-state index in [-0.39, 0.29) is 17.3 Å². The van der Waals surface area contributed by atoms with Gasteiger partial charge >= 0.3 is 5.97 Å². The van der Waals surface area contributed by atoms with Gasteiger partial charge in [-0.05, 0) is 20.8 Å². The lowest BCUT2D eigenvalue weighted by atomic mass is 10.1. The molecular formula is C10H15N3O3. The van der Waals surface area contributed by atoms with Crippen LogP contribution >= 0.6 is 0 Å². The molecule has 0 atom stereocenters. The van der Waals surface area contributed by atoms with Gasteiger partial charge < -0.3 is 10.4 Å². The summed E-state index contributed by atoms with van der Waals surface area (Å²) in [6.45, 7) is 6.94. The lowest BCUT2D eigenvalue weighted by Crippen LogP contribution is -2.26. The Kier molecular flexibility index (Phi) is 3.02. The highest BCUT2D eigenvalue weighted by atomic mass is 16.4. The van der Waals surface area contributed by atoms with E-state index in [1.165, 1.54) is 17.8 Å². The minimum Gasteiger partial charge on any atom is -0.477 e. The Morgan fingerprint density at radius 3 is 2.38 bits per heavy atom. The molecule has 1 heterocycles. The number of carboxylic acids is 1. The molecule has 0 saturated heterocycles. The number of hydrogen-bond acceptors (Lipinski definition) is 3. The van der Waals surface area contributed by atoms with E-state index < -0.39 is 11.5 Å². The van der Waals surface area contributed by atoms with Crippen molar-refractivity contribution in [1.29, 1.82) is 0 Å². The second-order valence-corrected chi connectivity index (χ2v) is 4.48. The number of aromatic nitrogens is 2. The van der Waals surface area contributed by atoms with Crippen LogP contribution in [0.25, 0.3) is 0 Å². The highest BCUT2D eigenvalue weighted by molar-refractivity contribution is 5.98. The van der Waals surface area contributed by atoms with Gasteiger partial charge in [0.25, 0.3) is 0 Å². The van der Waals surface area contributed by atoms with Crippen molar-refractivity contribution >= 4 is 17.7 Å². The van der Waals surface area contributed by atoms with Gasteiger partial charge in [-0.1, -0.05) is 0 Å². The van der Waals surface area contributed by atoms with Gasteiger partial charge in [-0.25, -0.2) is 9.48 Å². The molecule has 16 heavy (non-hydrogen) atoms. The number of nitrogens with one attached hydrogen (secondary N) is 1. The first-order valence-corrected chi connectivity index (χ1v) is 4.83. The van der Waals surface area contributed by atoms with E-state index in [1.54, 1.807) is 0 Å². The van der Waals surface area contributed by atoms with E-state index in [0.717, 1.165) is 0 Å². The van der Waals surface area contributed by atoms with Crippen LogP contribution < -0.4 is 5.32 Å². The van der Waals surface area contributed by atoms with Gasteiger partial charge in [-0.2, -0.15) is 5.10 Å². The smallest absolute Gasteiger partial charge is 0.341 e. The van der Waals surface area contributed by atoms with Crippen LogP contribution in [0.15, 0.2) is 6.20 Å². The molecule has 1 rings (SSSR count). The SMILES string of the molecule is CC(=O)Nc1c(C(=O)O)cnn1C(C)(C)C. The molecule has 0 radical (unpaired) electrons. The van der Waals surface area contributed by atoms with Gasteiger partial charge in [0.2, 0.25) is 5.91 Å². The van der Waals surface area contributed by atoms with Crippen LogP contribution in [0.2, 0.25) is 0 Å². The Morgan fingerprint density at radius 2 is 2.00 bits per heavy atom. The van der Waals surface area contributed by atoms with E-state index in [4.69, 9.17) is 5.11 Å². The standard InChI is InChI=1S/C10H15N3O3/c1-6(14)12-8-7(9(15)16)5-11-13(8)10(2,3)4/h5H,1-4H3,(H,12,14)(H,15,16). The number of carbonyl (C=O) groups excluding carboxylic acids is 1. The molecule has 0 aliphatic carbocycles. The molecular weight excluding hydrogens is 210 g/mol. The summed E-state index contributed by atoms with van der Waals surface area (Å²) in [4.78, 5) is 22.0. The summed E-state index contributed by atoms with van der Waals surface area (Å²) in [5.41, 5.74) is -0.406. The van der Waals surface area contributed by atoms with Gasteiger partial charge in [0.15, 0.2) is 0 Å². The number of hydrogen-bond donors (Lipinski definition) is 2. The van der Waals surface area contributed by atoms with Crippen LogP contribution in [-0.2, 0) is 10.3 Å². The van der Waals surface area contributed by atoms with Gasteiger partial charge in [0.1, 0.15) is 11.4 Å². The predicted octanol–water partition coefficient (Wildman–Crippen LogP) is 1.29. The summed E-state index contributed by atoms with van der Waals surface area (Å²) in [5.74, 6) is -1.22. The summed E-state index contributed by atoms with van der Waals surface area (Å²) in [7, 11) is 0. The lowest BCUT2D eigenvalue weighted by Gasteiger charge is -2.22. The van der Waals surface area contributed by atoms with Gasteiger partial charge in [0, 0.05) is 6.92 Å². The highest BCUT2D eigenvalue weighted by Crippen LogP contribution is 2.23. The van der Waals surface area contributed by atoms with Crippen LogP contribution in [0.1, 0.15) is 38.1 Å². The molecule has 6 nitrogen and oxygen atoms in total. The Balaban J connectivity index is 3.30. The molecule has 6 heteroatoms. The highest BCUT2D eigenvalue weighted by Gasteiger charge is 2.24. The van der Waals surface area contributed by atoms with Gasteiger partial charge in [0.05, 0.1) is 11.7 Å². The quantitative estimate of drug-likeness (QED) is 0.794. The van der Waals surface area contributed by atoms with E-state index in [9.17, 15) is 9.59 Å². The van der Waals surface area contributed by atoms with E-state index in [0.29, 0.717) is 0 Å². The third kappa shape index (κ3) is 2.39. The molecule has 0 aliphatic rings. The summed E-state index contributed by atoms with van der Waals surface area (Å²) in [6, 6.07) is 0. The number of anilines is 1. The summed E-state index contributed by atoms with van der Waals surface area (Å²) in [5, 5.41) is 15.4. The van der Waals surface area contributed by atoms with Crippen molar-refractivity contribution in [2.45, 2.75) is 33.2 Å². The Labute approximate surface area is 93.3 Å². The van der Waals surface area contributed by atoms with Crippen molar-refractivity contribution in [2.24, 2.45) is 0 Å². The molecule has 1 aromatic heterocycles.